The zero-order valence-electron chi connectivity index (χ0n) is 18.2. The van der Waals surface area contributed by atoms with Gasteiger partial charge in [-0.1, -0.05) is 12.1 Å². The van der Waals surface area contributed by atoms with Gasteiger partial charge >= 0.3 is 5.97 Å². The molecule has 0 bridgehead atoms. The molecule has 1 heterocycles. The smallest absolute Gasteiger partial charge is 0.341 e. The molecule has 7 nitrogen and oxygen atoms in total. The normalized spacial score (nSPS) is 12.8. The van der Waals surface area contributed by atoms with Crippen LogP contribution in [-0.4, -0.2) is 37.5 Å². The number of fused-ring (bicyclic) bond motifs is 1. The van der Waals surface area contributed by atoms with Crippen molar-refractivity contribution in [2.75, 3.05) is 24.3 Å². The third-order valence-electron chi connectivity index (χ3n) is 5.04. The number of esters is 1. The largest absolute Gasteiger partial charge is 0.465 e. The number of ether oxygens (including phenoxy) is 1. The Kier molecular flexibility index (Phi) is 7.68. The molecule has 2 aromatic rings. The molecule has 3 N–H and O–H groups in total. The Labute approximate surface area is 186 Å². The number of hydrogen-bond acceptors (Lipinski definition) is 6. The van der Waals surface area contributed by atoms with Crippen LogP contribution in [0, 0.1) is 0 Å². The van der Waals surface area contributed by atoms with Crippen LogP contribution in [0.5, 0.6) is 0 Å². The molecular weight excluding hydrogens is 414 g/mol. The number of nitrogens with one attached hydrogen (secondary N) is 3. The molecule has 0 radical (unpaired) electrons. The van der Waals surface area contributed by atoms with Crippen LogP contribution in [0.2, 0.25) is 0 Å². The van der Waals surface area contributed by atoms with E-state index in [9.17, 15) is 14.4 Å². The summed E-state index contributed by atoms with van der Waals surface area (Å²) in [6.07, 6.45) is 4.22. The monoisotopic (exact) mass is 443 g/mol. The lowest BCUT2D eigenvalue weighted by Gasteiger charge is -2.12. The first-order chi connectivity index (χ1) is 14.9. The first kappa shape index (κ1) is 22.8. The van der Waals surface area contributed by atoms with E-state index >= 15 is 0 Å². The number of carbonyl (C=O) groups excluding carboxylic acids is 3. The van der Waals surface area contributed by atoms with E-state index in [2.05, 4.69) is 16.0 Å². The van der Waals surface area contributed by atoms with Crippen molar-refractivity contribution in [3.8, 4) is 0 Å². The van der Waals surface area contributed by atoms with E-state index in [1.54, 1.807) is 0 Å². The van der Waals surface area contributed by atoms with E-state index in [0.717, 1.165) is 47.4 Å². The van der Waals surface area contributed by atoms with Gasteiger partial charge in [0, 0.05) is 16.6 Å². The Bertz CT molecular complexity index is 950. The summed E-state index contributed by atoms with van der Waals surface area (Å²) in [6.45, 7) is 3.92. The highest BCUT2D eigenvalue weighted by Crippen LogP contribution is 2.38. The van der Waals surface area contributed by atoms with E-state index in [0.29, 0.717) is 17.0 Å². The highest BCUT2D eigenvalue weighted by Gasteiger charge is 2.26. The van der Waals surface area contributed by atoms with Crippen LogP contribution < -0.4 is 16.0 Å². The van der Waals surface area contributed by atoms with Crippen molar-refractivity contribution in [3.05, 3.63) is 45.8 Å². The predicted octanol–water partition coefficient (Wildman–Crippen LogP) is 3.53. The molecule has 166 valence electrons. The SMILES string of the molecule is COC(=O)c1c(NC(=O)CNc2ccc(CC(=O)NC(C)C)cc2)sc2c1CCCC2. The van der Waals surface area contributed by atoms with Crippen molar-refractivity contribution in [3.63, 3.8) is 0 Å². The summed E-state index contributed by atoms with van der Waals surface area (Å²) >= 11 is 1.47. The van der Waals surface area contributed by atoms with Gasteiger partial charge in [0.1, 0.15) is 5.00 Å². The molecule has 1 aliphatic rings. The summed E-state index contributed by atoms with van der Waals surface area (Å²) in [4.78, 5) is 37.8. The van der Waals surface area contributed by atoms with Gasteiger partial charge in [-0.15, -0.1) is 11.3 Å². The van der Waals surface area contributed by atoms with Crippen LogP contribution >= 0.6 is 11.3 Å². The van der Waals surface area contributed by atoms with Gasteiger partial charge in [-0.25, -0.2) is 4.79 Å². The average Bonchev–Trinajstić information content (AvgIpc) is 3.09. The summed E-state index contributed by atoms with van der Waals surface area (Å²) in [5.74, 6) is -0.654. The Hall–Kier alpha value is -2.87. The van der Waals surface area contributed by atoms with Crippen molar-refractivity contribution in [2.24, 2.45) is 0 Å². The topological polar surface area (TPSA) is 96.5 Å². The van der Waals surface area contributed by atoms with E-state index < -0.39 is 5.97 Å². The van der Waals surface area contributed by atoms with Gasteiger partial charge in [0.25, 0.3) is 0 Å². The van der Waals surface area contributed by atoms with Gasteiger partial charge in [0.2, 0.25) is 11.8 Å². The molecule has 2 amide bonds. The Morgan fingerprint density at radius 2 is 1.77 bits per heavy atom. The maximum absolute atomic E-state index is 12.5. The van der Waals surface area contributed by atoms with E-state index in [1.807, 2.05) is 38.1 Å². The van der Waals surface area contributed by atoms with E-state index in [1.165, 1.54) is 18.4 Å². The highest BCUT2D eigenvalue weighted by molar-refractivity contribution is 7.17. The molecular formula is C23H29N3O4S. The first-order valence-corrected chi connectivity index (χ1v) is 11.3. The van der Waals surface area contributed by atoms with Gasteiger partial charge < -0.3 is 20.7 Å². The van der Waals surface area contributed by atoms with E-state index in [-0.39, 0.29) is 24.4 Å². The molecule has 3 rings (SSSR count). The van der Waals surface area contributed by atoms with Crippen molar-refractivity contribution in [1.82, 2.24) is 5.32 Å². The summed E-state index contributed by atoms with van der Waals surface area (Å²) in [6, 6.07) is 7.52. The van der Waals surface area contributed by atoms with Gasteiger partial charge in [-0.3, -0.25) is 9.59 Å². The van der Waals surface area contributed by atoms with Crippen molar-refractivity contribution < 1.29 is 19.1 Å². The lowest BCUT2D eigenvalue weighted by molar-refractivity contribution is -0.121. The molecule has 0 saturated carbocycles. The number of carbonyl (C=O) groups is 3. The van der Waals surface area contributed by atoms with Crippen molar-refractivity contribution in [2.45, 2.75) is 52.0 Å². The Balaban J connectivity index is 1.58. The minimum atomic E-state index is -0.403. The number of aryl methyl sites for hydroxylation is 1. The molecule has 0 spiro atoms. The third kappa shape index (κ3) is 6.07. The summed E-state index contributed by atoms with van der Waals surface area (Å²) in [5.41, 5.74) is 3.20. The lowest BCUT2D eigenvalue weighted by atomic mass is 9.95. The molecule has 0 fully saturated rings. The third-order valence-corrected chi connectivity index (χ3v) is 6.24. The van der Waals surface area contributed by atoms with Gasteiger partial charge in [-0.05, 0) is 62.8 Å². The van der Waals surface area contributed by atoms with Crippen molar-refractivity contribution >= 4 is 39.8 Å². The van der Waals surface area contributed by atoms with Gasteiger partial charge in [0.05, 0.1) is 25.6 Å². The number of rotatable bonds is 8. The molecule has 0 saturated heterocycles. The number of anilines is 2. The predicted molar refractivity (Wildman–Crippen MR) is 123 cm³/mol. The van der Waals surface area contributed by atoms with Crippen LogP contribution in [-0.2, 0) is 33.6 Å². The molecule has 1 aromatic carbocycles. The maximum Gasteiger partial charge on any atom is 0.341 e. The molecule has 31 heavy (non-hydrogen) atoms. The zero-order chi connectivity index (χ0) is 22.4. The lowest BCUT2D eigenvalue weighted by Crippen LogP contribution is -2.31. The first-order valence-electron chi connectivity index (χ1n) is 10.5. The summed E-state index contributed by atoms with van der Waals surface area (Å²) in [7, 11) is 1.36. The molecule has 0 atom stereocenters. The number of benzene rings is 1. The Morgan fingerprint density at radius 1 is 1.06 bits per heavy atom. The molecule has 0 unspecified atom stereocenters. The number of hydrogen-bond donors (Lipinski definition) is 3. The van der Waals surface area contributed by atoms with Crippen LogP contribution in [0.4, 0.5) is 10.7 Å². The van der Waals surface area contributed by atoms with Crippen LogP contribution in [0.3, 0.4) is 0 Å². The Morgan fingerprint density at radius 3 is 2.45 bits per heavy atom. The number of thiophene rings is 1. The fraction of sp³-hybridized carbons (Fsp3) is 0.435. The zero-order valence-corrected chi connectivity index (χ0v) is 19.0. The quantitative estimate of drug-likeness (QED) is 0.543. The summed E-state index contributed by atoms with van der Waals surface area (Å²) < 4.78 is 4.94. The standard InChI is InChI=1S/C23H29N3O4S/c1-14(2)25-19(27)12-15-8-10-16(11-9-15)24-13-20(28)26-22-21(23(29)30-3)17-6-4-5-7-18(17)31-22/h8-11,14,24H,4-7,12-13H2,1-3H3,(H,25,27)(H,26,28). The molecule has 8 heteroatoms. The molecule has 1 aliphatic carbocycles. The second-order valence-electron chi connectivity index (χ2n) is 7.90. The minimum absolute atomic E-state index is 0.0184. The second-order valence-corrected chi connectivity index (χ2v) is 9.01. The second kappa shape index (κ2) is 10.4. The van der Waals surface area contributed by atoms with Gasteiger partial charge in [0.15, 0.2) is 0 Å². The van der Waals surface area contributed by atoms with Gasteiger partial charge in [-0.2, -0.15) is 0 Å². The average molecular weight is 444 g/mol. The van der Waals surface area contributed by atoms with Crippen LogP contribution in [0.1, 0.15) is 53.1 Å². The van der Waals surface area contributed by atoms with Crippen molar-refractivity contribution in [1.29, 1.82) is 0 Å². The maximum atomic E-state index is 12.5. The number of methoxy groups -OCH3 is 1. The van der Waals surface area contributed by atoms with E-state index in [4.69, 9.17) is 4.74 Å². The highest BCUT2D eigenvalue weighted by atomic mass is 32.1. The van der Waals surface area contributed by atoms with Crippen LogP contribution in [0.25, 0.3) is 0 Å². The number of amides is 2. The summed E-state index contributed by atoms with van der Waals surface area (Å²) in [5, 5.41) is 9.38. The van der Waals surface area contributed by atoms with Crippen LogP contribution in [0.15, 0.2) is 24.3 Å². The molecule has 0 aliphatic heterocycles. The molecule has 1 aromatic heterocycles. The fourth-order valence-electron chi connectivity index (χ4n) is 3.62. The minimum Gasteiger partial charge on any atom is -0.465 e. The fourth-order valence-corrected chi connectivity index (χ4v) is 4.92.